The lowest BCUT2D eigenvalue weighted by Crippen LogP contribution is -2.30. The second kappa shape index (κ2) is 9.42. The average Bonchev–Trinajstić information content (AvgIpc) is 3.29. The lowest BCUT2D eigenvalue weighted by atomic mass is 10.1. The van der Waals surface area contributed by atoms with Crippen molar-refractivity contribution in [2.45, 2.75) is 13.0 Å². The molecule has 0 radical (unpaired) electrons. The largest absolute Gasteiger partial charge is 0.495 e. The van der Waals surface area contributed by atoms with E-state index in [1.807, 2.05) is 0 Å². The van der Waals surface area contributed by atoms with Crippen LogP contribution in [0.2, 0.25) is 0 Å². The Labute approximate surface area is 172 Å². The minimum absolute atomic E-state index is 0.0997. The molecular weight excluding hydrogens is 388 g/mol. The molecule has 1 atom stereocenters. The maximum absolute atomic E-state index is 12.6. The Morgan fingerprint density at radius 2 is 1.60 bits per heavy atom. The van der Waals surface area contributed by atoms with E-state index in [0.29, 0.717) is 11.4 Å². The van der Waals surface area contributed by atoms with Gasteiger partial charge in [0.1, 0.15) is 5.75 Å². The quantitative estimate of drug-likeness (QED) is 0.577. The van der Waals surface area contributed by atoms with Crippen LogP contribution in [0.1, 0.15) is 27.8 Å². The molecule has 0 aliphatic rings. The Morgan fingerprint density at radius 1 is 0.900 bits per heavy atom. The zero-order valence-electron chi connectivity index (χ0n) is 16.4. The number of carbonyl (C=O) groups is 3. The molecule has 0 saturated carbocycles. The van der Waals surface area contributed by atoms with Crippen LogP contribution in [-0.4, -0.2) is 31.0 Å². The molecule has 0 fully saturated rings. The van der Waals surface area contributed by atoms with E-state index >= 15 is 0 Å². The number of amides is 2. The van der Waals surface area contributed by atoms with Crippen molar-refractivity contribution in [3.63, 3.8) is 0 Å². The summed E-state index contributed by atoms with van der Waals surface area (Å²) in [5.74, 6) is -1.21. The van der Waals surface area contributed by atoms with Gasteiger partial charge in [-0.25, -0.2) is 4.79 Å². The van der Waals surface area contributed by atoms with Crippen LogP contribution in [0.5, 0.6) is 5.75 Å². The number of anilines is 2. The molecule has 3 rings (SSSR count). The van der Waals surface area contributed by atoms with Crippen molar-refractivity contribution < 1.29 is 28.3 Å². The molecule has 2 aromatic carbocycles. The number of benzene rings is 2. The first-order chi connectivity index (χ1) is 14.5. The van der Waals surface area contributed by atoms with E-state index in [9.17, 15) is 14.4 Å². The second-order valence-corrected chi connectivity index (χ2v) is 6.21. The monoisotopic (exact) mass is 408 g/mol. The van der Waals surface area contributed by atoms with Crippen LogP contribution >= 0.6 is 0 Å². The van der Waals surface area contributed by atoms with Gasteiger partial charge < -0.3 is 24.5 Å². The number of methoxy groups -OCH3 is 1. The summed E-state index contributed by atoms with van der Waals surface area (Å²) in [4.78, 5) is 37.3. The standard InChI is InChI=1S/C22H20N2O6/c1-14(20(25)24-17-10-5-6-11-18(17)28-2)30-22(27)15-8-3-4-9-16(15)23-21(26)19-12-7-13-29-19/h3-14H,1-2H3,(H,23,26)(H,24,25)/t14-/m0/s1. The van der Waals surface area contributed by atoms with Gasteiger partial charge >= 0.3 is 5.97 Å². The molecule has 2 N–H and O–H groups in total. The molecule has 2 amide bonds. The van der Waals surface area contributed by atoms with Crippen molar-refractivity contribution in [2.24, 2.45) is 0 Å². The molecule has 154 valence electrons. The first-order valence-corrected chi connectivity index (χ1v) is 9.08. The highest BCUT2D eigenvalue weighted by atomic mass is 16.5. The third-order valence-corrected chi connectivity index (χ3v) is 4.16. The van der Waals surface area contributed by atoms with E-state index in [1.165, 1.54) is 32.4 Å². The van der Waals surface area contributed by atoms with Crippen molar-refractivity contribution >= 4 is 29.2 Å². The predicted octanol–water partition coefficient (Wildman–Crippen LogP) is 3.72. The van der Waals surface area contributed by atoms with E-state index in [-0.39, 0.29) is 17.0 Å². The number of rotatable bonds is 7. The minimum atomic E-state index is -1.09. The zero-order chi connectivity index (χ0) is 21.5. The first-order valence-electron chi connectivity index (χ1n) is 9.08. The van der Waals surface area contributed by atoms with Gasteiger partial charge in [0.25, 0.3) is 11.8 Å². The maximum atomic E-state index is 12.6. The Balaban J connectivity index is 1.68. The van der Waals surface area contributed by atoms with Crippen LogP contribution < -0.4 is 15.4 Å². The smallest absolute Gasteiger partial charge is 0.341 e. The molecule has 0 spiro atoms. The average molecular weight is 408 g/mol. The van der Waals surface area contributed by atoms with E-state index in [2.05, 4.69) is 10.6 Å². The molecule has 1 heterocycles. The zero-order valence-corrected chi connectivity index (χ0v) is 16.4. The summed E-state index contributed by atoms with van der Waals surface area (Å²) < 4.78 is 15.5. The lowest BCUT2D eigenvalue weighted by molar-refractivity contribution is -0.123. The molecule has 8 heteroatoms. The highest BCUT2D eigenvalue weighted by Gasteiger charge is 2.22. The van der Waals surface area contributed by atoms with Crippen molar-refractivity contribution in [2.75, 3.05) is 17.7 Å². The molecule has 30 heavy (non-hydrogen) atoms. The number of para-hydroxylation sites is 3. The SMILES string of the molecule is COc1ccccc1NC(=O)[C@H](C)OC(=O)c1ccccc1NC(=O)c1ccco1. The Bertz CT molecular complexity index is 1050. The van der Waals surface area contributed by atoms with E-state index in [4.69, 9.17) is 13.9 Å². The molecule has 0 aliphatic heterocycles. The fourth-order valence-electron chi connectivity index (χ4n) is 2.62. The summed E-state index contributed by atoms with van der Waals surface area (Å²) >= 11 is 0. The van der Waals surface area contributed by atoms with Crippen LogP contribution in [0.3, 0.4) is 0 Å². The number of nitrogens with one attached hydrogen (secondary N) is 2. The molecule has 0 bridgehead atoms. The minimum Gasteiger partial charge on any atom is -0.495 e. The van der Waals surface area contributed by atoms with Crippen molar-refractivity contribution in [1.82, 2.24) is 0 Å². The molecular formula is C22H20N2O6. The van der Waals surface area contributed by atoms with Gasteiger partial charge in [-0.2, -0.15) is 0 Å². The van der Waals surface area contributed by atoms with Crippen LogP contribution in [0, 0.1) is 0 Å². The number of carbonyl (C=O) groups excluding carboxylic acids is 3. The molecule has 0 unspecified atom stereocenters. The van der Waals surface area contributed by atoms with Crippen molar-refractivity contribution in [3.8, 4) is 5.75 Å². The summed E-state index contributed by atoms with van der Waals surface area (Å²) in [5, 5.41) is 5.26. The normalized spacial score (nSPS) is 11.3. The molecule has 8 nitrogen and oxygen atoms in total. The van der Waals surface area contributed by atoms with E-state index < -0.39 is 23.9 Å². The Morgan fingerprint density at radius 3 is 2.30 bits per heavy atom. The van der Waals surface area contributed by atoms with Gasteiger partial charge in [-0.05, 0) is 43.3 Å². The molecule has 0 saturated heterocycles. The lowest BCUT2D eigenvalue weighted by Gasteiger charge is -2.16. The fourth-order valence-corrected chi connectivity index (χ4v) is 2.62. The van der Waals surface area contributed by atoms with Gasteiger partial charge in [-0.1, -0.05) is 24.3 Å². The third kappa shape index (κ3) is 4.85. The number of ether oxygens (including phenoxy) is 2. The number of esters is 1. The van der Waals surface area contributed by atoms with Crippen LogP contribution in [-0.2, 0) is 9.53 Å². The Hall–Kier alpha value is -4.07. The van der Waals surface area contributed by atoms with Crippen LogP contribution in [0.15, 0.2) is 71.3 Å². The van der Waals surface area contributed by atoms with Gasteiger partial charge in [0.05, 0.1) is 30.3 Å². The van der Waals surface area contributed by atoms with E-state index in [0.717, 1.165) is 0 Å². The van der Waals surface area contributed by atoms with Gasteiger partial charge in [-0.3, -0.25) is 9.59 Å². The van der Waals surface area contributed by atoms with E-state index in [1.54, 1.807) is 48.5 Å². The fraction of sp³-hybridized carbons (Fsp3) is 0.136. The van der Waals surface area contributed by atoms with Crippen molar-refractivity contribution in [3.05, 3.63) is 78.3 Å². The van der Waals surface area contributed by atoms with Crippen LogP contribution in [0.4, 0.5) is 11.4 Å². The van der Waals surface area contributed by atoms with Crippen LogP contribution in [0.25, 0.3) is 0 Å². The summed E-state index contributed by atoms with van der Waals surface area (Å²) in [7, 11) is 1.49. The highest BCUT2D eigenvalue weighted by molar-refractivity contribution is 6.07. The summed E-state index contributed by atoms with van der Waals surface area (Å²) in [5.41, 5.74) is 0.801. The maximum Gasteiger partial charge on any atom is 0.341 e. The number of hydrogen-bond acceptors (Lipinski definition) is 6. The summed E-state index contributed by atoms with van der Waals surface area (Å²) in [6.45, 7) is 1.45. The third-order valence-electron chi connectivity index (χ3n) is 4.16. The predicted molar refractivity (Wildman–Crippen MR) is 110 cm³/mol. The van der Waals surface area contributed by atoms with Crippen molar-refractivity contribution in [1.29, 1.82) is 0 Å². The topological polar surface area (TPSA) is 107 Å². The molecule has 0 aliphatic carbocycles. The van der Waals surface area contributed by atoms with Gasteiger partial charge in [0.2, 0.25) is 0 Å². The molecule has 3 aromatic rings. The van der Waals surface area contributed by atoms with Gasteiger partial charge in [0.15, 0.2) is 11.9 Å². The van der Waals surface area contributed by atoms with Gasteiger partial charge in [-0.15, -0.1) is 0 Å². The summed E-state index contributed by atoms with van der Waals surface area (Å²) in [6, 6.07) is 16.3. The molecule has 1 aromatic heterocycles. The Kier molecular flexibility index (Phi) is 6.49. The summed E-state index contributed by atoms with van der Waals surface area (Å²) in [6.07, 6.45) is 0.285. The highest BCUT2D eigenvalue weighted by Crippen LogP contribution is 2.24. The first kappa shape index (κ1) is 20.7. The number of hydrogen-bond donors (Lipinski definition) is 2. The second-order valence-electron chi connectivity index (χ2n) is 6.21. The number of furan rings is 1. The van der Waals surface area contributed by atoms with Gasteiger partial charge in [0, 0.05) is 0 Å².